The highest BCUT2D eigenvalue weighted by atomic mass is 79.9. The van der Waals surface area contributed by atoms with Crippen molar-refractivity contribution in [2.45, 2.75) is 45.1 Å². The average Bonchev–Trinajstić information content (AvgIpc) is 2.27. The van der Waals surface area contributed by atoms with Crippen LogP contribution in [0.3, 0.4) is 0 Å². The van der Waals surface area contributed by atoms with Gasteiger partial charge in [0.25, 0.3) is 5.69 Å². The van der Waals surface area contributed by atoms with E-state index in [-0.39, 0.29) is 16.1 Å². The van der Waals surface area contributed by atoms with Crippen molar-refractivity contribution in [1.82, 2.24) is 0 Å². The Morgan fingerprint density at radius 3 is 2.61 bits per heavy atom. The first kappa shape index (κ1) is 13.3. The minimum absolute atomic E-state index is 0.159. The van der Waals surface area contributed by atoms with Gasteiger partial charge in [0.15, 0.2) is 0 Å². The molecule has 98 valence electrons. The van der Waals surface area contributed by atoms with Crippen molar-refractivity contribution in [2.24, 2.45) is 0 Å². The Bertz CT molecular complexity index is 479. The van der Waals surface area contributed by atoms with E-state index in [0.717, 1.165) is 16.6 Å². The Morgan fingerprint density at radius 1 is 1.50 bits per heavy atom. The maximum Gasteiger partial charge on any atom is 0.273 e. The van der Waals surface area contributed by atoms with Crippen LogP contribution < -0.4 is 5.32 Å². The lowest BCUT2D eigenvalue weighted by Crippen LogP contribution is -2.44. The van der Waals surface area contributed by atoms with E-state index >= 15 is 0 Å². The van der Waals surface area contributed by atoms with Gasteiger partial charge in [-0.25, -0.2) is 0 Å². The zero-order valence-electron chi connectivity index (χ0n) is 10.6. The predicted octanol–water partition coefficient (Wildman–Crippen LogP) is 4.41. The molecule has 0 spiro atoms. The minimum atomic E-state index is -0.344. The summed E-state index contributed by atoms with van der Waals surface area (Å²) in [7, 11) is 0. The molecular weight excluding hydrogens is 296 g/mol. The van der Waals surface area contributed by atoms with Crippen molar-refractivity contribution in [3.05, 3.63) is 32.3 Å². The number of nitrogens with one attached hydrogen (secondary N) is 1. The summed E-state index contributed by atoms with van der Waals surface area (Å²) in [6.45, 7) is 3.95. The number of nitro groups is 1. The third-order valence-corrected chi connectivity index (χ3v) is 4.53. The second-order valence-electron chi connectivity index (χ2n) is 4.99. The molecule has 0 heterocycles. The maximum absolute atomic E-state index is 10.9. The third-order valence-electron chi connectivity index (χ3n) is 3.87. The molecule has 1 aromatic carbocycles. The van der Waals surface area contributed by atoms with Gasteiger partial charge in [0.1, 0.15) is 0 Å². The molecule has 5 heteroatoms. The van der Waals surface area contributed by atoms with E-state index < -0.39 is 0 Å². The Balaban J connectivity index is 2.29. The Kier molecular flexibility index (Phi) is 3.61. The summed E-state index contributed by atoms with van der Waals surface area (Å²) >= 11 is 3.42. The van der Waals surface area contributed by atoms with Crippen molar-refractivity contribution in [2.75, 3.05) is 5.32 Å². The number of nitrogens with zero attached hydrogens (tertiary/aromatic N) is 1. The molecule has 0 aliphatic heterocycles. The van der Waals surface area contributed by atoms with Crippen molar-refractivity contribution in [3.63, 3.8) is 0 Å². The van der Waals surface area contributed by atoms with Crippen LogP contribution in [0.25, 0.3) is 0 Å². The van der Waals surface area contributed by atoms with Crippen LogP contribution in [0.2, 0.25) is 0 Å². The molecule has 1 saturated carbocycles. The van der Waals surface area contributed by atoms with E-state index in [4.69, 9.17) is 0 Å². The fraction of sp³-hybridized carbons (Fsp3) is 0.538. The average molecular weight is 313 g/mol. The van der Waals surface area contributed by atoms with E-state index in [1.165, 1.54) is 19.3 Å². The Morgan fingerprint density at radius 2 is 2.17 bits per heavy atom. The Hall–Kier alpha value is -1.10. The molecule has 2 rings (SSSR count). The van der Waals surface area contributed by atoms with Gasteiger partial charge in [-0.15, -0.1) is 0 Å². The number of anilines is 1. The van der Waals surface area contributed by atoms with Gasteiger partial charge in [-0.05, 0) is 54.6 Å². The van der Waals surface area contributed by atoms with Crippen molar-refractivity contribution in [3.8, 4) is 0 Å². The monoisotopic (exact) mass is 312 g/mol. The molecule has 18 heavy (non-hydrogen) atoms. The number of aryl methyl sites for hydroxylation is 1. The lowest BCUT2D eigenvalue weighted by atomic mass is 9.74. The van der Waals surface area contributed by atoms with Gasteiger partial charge >= 0.3 is 0 Å². The smallest absolute Gasteiger partial charge is 0.273 e. The second-order valence-corrected chi connectivity index (χ2v) is 5.84. The molecule has 0 saturated heterocycles. The predicted molar refractivity (Wildman–Crippen MR) is 76.0 cm³/mol. The fourth-order valence-electron chi connectivity index (χ4n) is 2.42. The van der Waals surface area contributed by atoms with Crippen LogP contribution in [0, 0.1) is 17.0 Å². The van der Waals surface area contributed by atoms with Crippen LogP contribution in [-0.4, -0.2) is 10.5 Å². The summed E-state index contributed by atoms with van der Waals surface area (Å²) in [4.78, 5) is 10.5. The van der Waals surface area contributed by atoms with Crippen molar-refractivity contribution in [1.29, 1.82) is 0 Å². The first-order chi connectivity index (χ1) is 8.47. The topological polar surface area (TPSA) is 55.2 Å². The molecule has 1 aliphatic rings. The number of rotatable bonds is 4. The van der Waals surface area contributed by atoms with Crippen LogP contribution in [0.5, 0.6) is 0 Å². The summed E-state index contributed by atoms with van der Waals surface area (Å²) in [6.07, 6.45) is 4.68. The summed E-state index contributed by atoms with van der Waals surface area (Å²) < 4.78 is 0.763. The standard InChI is InChI=1S/C13H17BrN2O2/c1-3-13(5-4-6-13)15-11-7-9(2)12(16(17)18)8-10(11)14/h7-8,15H,3-6H2,1-2H3. The van der Waals surface area contributed by atoms with Crippen LogP contribution in [0.1, 0.15) is 38.2 Å². The lowest BCUT2D eigenvalue weighted by molar-refractivity contribution is -0.385. The molecule has 0 radical (unpaired) electrons. The Labute approximate surface area is 115 Å². The summed E-state index contributed by atoms with van der Waals surface area (Å²) in [5, 5.41) is 14.4. The SMILES string of the molecule is CCC1(Nc2cc(C)c([N+](=O)[O-])cc2Br)CCC1. The molecule has 1 aliphatic carbocycles. The highest BCUT2D eigenvalue weighted by Gasteiger charge is 2.35. The van der Waals surface area contributed by atoms with Gasteiger partial charge in [-0.2, -0.15) is 0 Å². The summed E-state index contributed by atoms with van der Waals surface area (Å²) in [5.41, 5.74) is 1.99. The fourth-order valence-corrected chi connectivity index (χ4v) is 2.85. The molecule has 0 unspecified atom stereocenters. The first-order valence-electron chi connectivity index (χ1n) is 6.20. The van der Waals surface area contributed by atoms with E-state index in [1.54, 1.807) is 13.0 Å². The zero-order chi connectivity index (χ0) is 13.3. The van der Waals surface area contributed by atoms with Crippen LogP contribution in [-0.2, 0) is 0 Å². The van der Waals surface area contributed by atoms with Gasteiger partial charge in [0.05, 0.1) is 4.92 Å². The molecule has 1 aromatic rings. The van der Waals surface area contributed by atoms with E-state index in [9.17, 15) is 10.1 Å². The van der Waals surface area contributed by atoms with Gasteiger partial charge in [0.2, 0.25) is 0 Å². The maximum atomic E-state index is 10.9. The molecule has 1 fully saturated rings. The van der Waals surface area contributed by atoms with Crippen LogP contribution >= 0.6 is 15.9 Å². The normalized spacial score (nSPS) is 17.1. The molecule has 0 bridgehead atoms. The van der Waals surface area contributed by atoms with Crippen molar-refractivity contribution < 1.29 is 4.92 Å². The van der Waals surface area contributed by atoms with E-state index in [2.05, 4.69) is 28.2 Å². The van der Waals surface area contributed by atoms with Gasteiger partial charge < -0.3 is 5.32 Å². The number of hydrogen-bond acceptors (Lipinski definition) is 3. The molecule has 0 amide bonds. The zero-order valence-corrected chi connectivity index (χ0v) is 12.2. The molecule has 0 atom stereocenters. The number of halogens is 1. The number of benzene rings is 1. The highest BCUT2D eigenvalue weighted by molar-refractivity contribution is 9.10. The van der Waals surface area contributed by atoms with Gasteiger partial charge in [-0.1, -0.05) is 6.92 Å². The molecule has 4 nitrogen and oxygen atoms in total. The van der Waals surface area contributed by atoms with Crippen LogP contribution in [0.4, 0.5) is 11.4 Å². The highest BCUT2D eigenvalue weighted by Crippen LogP contribution is 2.40. The second kappa shape index (κ2) is 4.88. The lowest BCUT2D eigenvalue weighted by Gasteiger charge is -2.43. The summed E-state index contributed by atoms with van der Waals surface area (Å²) in [6, 6.07) is 3.44. The summed E-state index contributed by atoms with van der Waals surface area (Å²) in [5.74, 6) is 0. The molecular formula is C13H17BrN2O2. The van der Waals surface area contributed by atoms with Gasteiger partial charge in [-0.3, -0.25) is 10.1 Å². The van der Waals surface area contributed by atoms with E-state index in [1.807, 2.05) is 6.07 Å². The largest absolute Gasteiger partial charge is 0.379 e. The number of nitro benzene ring substituents is 1. The molecule has 1 N–H and O–H groups in total. The first-order valence-corrected chi connectivity index (χ1v) is 6.99. The number of hydrogen-bond donors (Lipinski definition) is 1. The van der Waals surface area contributed by atoms with Crippen LogP contribution in [0.15, 0.2) is 16.6 Å². The molecule has 0 aromatic heterocycles. The van der Waals surface area contributed by atoms with Gasteiger partial charge in [0, 0.05) is 27.3 Å². The van der Waals surface area contributed by atoms with E-state index in [0.29, 0.717) is 5.56 Å². The van der Waals surface area contributed by atoms with Crippen molar-refractivity contribution >= 4 is 27.3 Å². The minimum Gasteiger partial charge on any atom is -0.379 e. The quantitative estimate of drug-likeness (QED) is 0.661. The third kappa shape index (κ3) is 2.36.